The van der Waals surface area contributed by atoms with Gasteiger partial charge < -0.3 is 9.84 Å². The molecule has 0 spiro atoms. The second kappa shape index (κ2) is 9.76. The molecule has 5 rings (SSSR count). The molecule has 4 fully saturated rings. The van der Waals surface area contributed by atoms with Gasteiger partial charge in [0.25, 0.3) is 0 Å². The second-order valence-electron chi connectivity index (χ2n) is 12.5. The Bertz CT molecular complexity index is 731. The van der Waals surface area contributed by atoms with Crippen LogP contribution >= 0.6 is 0 Å². The number of aliphatic hydroxyl groups excluding tert-OH is 1. The number of methoxy groups -OCH3 is 1. The van der Waals surface area contributed by atoms with Gasteiger partial charge in [-0.2, -0.15) is 0 Å². The van der Waals surface area contributed by atoms with Crippen molar-refractivity contribution in [1.29, 1.82) is 0 Å². The lowest BCUT2D eigenvalue weighted by Gasteiger charge is -2.62. The Hall–Kier alpha value is -0.670. The van der Waals surface area contributed by atoms with E-state index in [1.54, 1.807) is 0 Å². The molecule has 0 aromatic carbocycles. The number of aliphatic hydroxyl groups is 1. The molecule has 1 N–H and O–H groups in total. The van der Waals surface area contributed by atoms with E-state index in [0.29, 0.717) is 58.2 Å². The first kappa shape index (κ1) is 25.4. The maximum atomic E-state index is 12.2. The van der Waals surface area contributed by atoms with Crippen molar-refractivity contribution in [3.05, 3.63) is 12.2 Å². The zero-order chi connectivity index (χ0) is 24.0. The Morgan fingerprint density at radius 3 is 2.39 bits per heavy atom. The molecule has 0 saturated heterocycles. The van der Waals surface area contributed by atoms with Crippen LogP contribution in [0.4, 0.5) is 0 Å². The number of fused-ring (bicyclic) bond motifs is 5. The monoisotopic (exact) mass is 460 g/mol. The maximum Gasteiger partial charge on any atom is 0.143 e. The highest BCUT2D eigenvalue weighted by atomic mass is 16.5. The second-order valence-corrected chi connectivity index (χ2v) is 12.5. The van der Waals surface area contributed by atoms with Crippen molar-refractivity contribution in [2.24, 2.45) is 52.3 Å². The maximum absolute atomic E-state index is 12.2. The van der Waals surface area contributed by atoms with Gasteiger partial charge in [0.2, 0.25) is 0 Å². The highest BCUT2D eigenvalue weighted by Crippen LogP contribution is 2.68. The highest BCUT2D eigenvalue weighted by molar-refractivity contribution is 5.87. The first-order chi connectivity index (χ1) is 15.8. The van der Waals surface area contributed by atoms with Gasteiger partial charge in [-0.15, -0.1) is 0 Å². The topological polar surface area (TPSA) is 46.5 Å². The van der Waals surface area contributed by atoms with Crippen molar-refractivity contribution in [2.75, 3.05) is 7.11 Å². The van der Waals surface area contributed by atoms with Crippen molar-refractivity contribution < 1.29 is 16.1 Å². The number of carbonyl (C=O) groups is 1. The van der Waals surface area contributed by atoms with Crippen LogP contribution in [-0.2, 0) is 9.53 Å². The van der Waals surface area contributed by atoms with Crippen LogP contribution in [0.3, 0.4) is 0 Å². The van der Waals surface area contributed by atoms with E-state index in [9.17, 15) is 9.90 Å². The van der Waals surface area contributed by atoms with Gasteiger partial charge in [0, 0.05) is 15.0 Å². The molecule has 3 nitrogen and oxygen atoms in total. The molecule has 190 valence electrons. The van der Waals surface area contributed by atoms with Gasteiger partial charge in [-0.05, 0) is 104 Å². The third kappa shape index (κ3) is 4.39. The number of allylic oxidation sites excluding steroid dienone is 2. The van der Waals surface area contributed by atoms with Crippen LogP contribution in [0.1, 0.15) is 100 Å². The Kier molecular flexibility index (Phi) is 7.52. The van der Waals surface area contributed by atoms with Gasteiger partial charge in [0.15, 0.2) is 0 Å². The third-order valence-corrected chi connectivity index (χ3v) is 11.3. The summed E-state index contributed by atoms with van der Waals surface area (Å²) in [7, 11) is 1.86. The first-order valence-corrected chi connectivity index (χ1v) is 14.2. The third-order valence-electron chi connectivity index (χ3n) is 11.3. The van der Waals surface area contributed by atoms with Gasteiger partial charge in [-0.3, -0.25) is 4.79 Å². The zero-order valence-electron chi connectivity index (χ0n) is 22.2. The SMILES string of the molecule is CC.COC1CCC2(C)C(C1)CC(O)C1C2CCC2(C)C(C(C)CCC(=O)C3C=C3)CCC12.[HH]. The van der Waals surface area contributed by atoms with Gasteiger partial charge in [0.1, 0.15) is 5.78 Å². The molecule has 0 heterocycles. The Morgan fingerprint density at radius 2 is 1.73 bits per heavy atom. The van der Waals surface area contributed by atoms with E-state index < -0.39 is 0 Å². The molecule has 33 heavy (non-hydrogen) atoms. The number of hydrogen-bond donors (Lipinski definition) is 1. The average Bonchev–Trinajstić information content (AvgIpc) is 3.60. The fourth-order valence-electron chi connectivity index (χ4n) is 9.38. The molecule has 5 aliphatic carbocycles. The summed E-state index contributed by atoms with van der Waals surface area (Å²) < 4.78 is 5.73. The fourth-order valence-corrected chi connectivity index (χ4v) is 9.38. The molecule has 10 unspecified atom stereocenters. The zero-order valence-corrected chi connectivity index (χ0v) is 22.2. The predicted octanol–water partition coefficient (Wildman–Crippen LogP) is 7.07. The van der Waals surface area contributed by atoms with Crippen molar-refractivity contribution in [3.63, 3.8) is 0 Å². The first-order valence-electron chi connectivity index (χ1n) is 14.2. The summed E-state index contributed by atoms with van der Waals surface area (Å²) >= 11 is 0. The number of hydrogen-bond acceptors (Lipinski definition) is 3. The van der Waals surface area contributed by atoms with E-state index in [0.717, 1.165) is 25.7 Å². The summed E-state index contributed by atoms with van der Waals surface area (Å²) in [5.74, 6) is 4.33. The van der Waals surface area contributed by atoms with Crippen molar-refractivity contribution in [2.45, 2.75) is 111 Å². The summed E-state index contributed by atoms with van der Waals surface area (Å²) in [6, 6.07) is 0. The van der Waals surface area contributed by atoms with Crippen LogP contribution in [0.2, 0.25) is 0 Å². The molecular formula is C30H52O3. The van der Waals surface area contributed by atoms with Crippen LogP contribution in [0, 0.1) is 52.3 Å². The molecule has 0 aromatic heterocycles. The highest BCUT2D eigenvalue weighted by Gasteiger charge is 2.62. The quantitative estimate of drug-likeness (QED) is 0.431. The van der Waals surface area contributed by atoms with E-state index in [-0.39, 0.29) is 13.4 Å². The van der Waals surface area contributed by atoms with Crippen molar-refractivity contribution in [1.82, 2.24) is 0 Å². The lowest BCUT2D eigenvalue weighted by atomic mass is 9.43. The minimum absolute atomic E-state index is 0. The molecule has 4 saturated carbocycles. The van der Waals surface area contributed by atoms with Crippen LogP contribution in [0.25, 0.3) is 0 Å². The Morgan fingerprint density at radius 1 is 1.06 bits per heavy atom. The summed E-state index contributed by atoms with van der Waals surface area (Å²) in [6.07, 6.45) is 15.8. The van der Waals surface area contributed by atoms with Gasteiger partial charge >= 0.3 is 0 Å². The van der Waals surface area contributed by atoms with E-state index >= 15 is 0 Å². The van der Waals surface area contributed by atoms with E-state index in [2.05, 4.69) is 20.8 Å². The van der Waals surface area contributed by atoms with Crippen LogP contribution < -0.4 is 0 Å². The van der Waals surface area contributed by atoms with Crippen LogP contribution in [-0.4, -0.2) is 30.2 Å². The van der Waals surface area contributed by atoms with Gasteiger partial charge in [-0.25, -0.2) is 0 Å². The van der Waals surface area contributed by atoms with Crippen molar-refractivity contribution in [3.8, 4) is 0 Å². The number of ether oxygens (including phenoxy) is 1. The summed E-state index contributed by atoms with van der Waals surface area (Å²) in [5.41, 5.74) is 0.725. The lowest BCUT2D eigenvalue weighted by Crippen LogP contribution is -2.58. The standard InChI is InChI=1S/C28H44O3.C2H6.H2/c1-17(5-10-24(29)18-6-7-18)21-8-9-22-26-23(12-14-28(21,22)3)27(2)13-11-20(31-4)15-19(27)16-25(26)30;1-2;/h6-7,17-23,25-26,30H,5,8-16H2,1-4H3;1-2H3;1H. The largest absolute Gasteiger partial charge is 0.393 e. The number of rotatable bonds is 6. The average molecular weight is 461 g/mol. The fraction of sp³-hybridized carbons (Fsp3) is 0.900. The molecule has 0 aromatic rings. The minimum atomic E-state index is -0.139. The van der Waals surface area contributed by atoms with Crippen LogP contribution in [0.15, 0.2) is 12.2 Å². The summed E-state index contributed by atoms with van der Waals surface area (Å²) in [4.78, 5) is 12.2. The lowest BCUT2D eigenvalue weighted by molar-refractivity contribution is -0.176. The normalized spacial score (nSPS) is 46.9. The molecule has 5 aliphatic rings. The van der Waals surface area contributed by atoms with Gasteiger partial charge in [0.05, 0.1) is 18.1 Å². The van der Waals surface area contributed by atoms with Gasteiger partial charge in [-0.1, -0.05) is 46.8 Å². The molecule has 3 heteroatoms. The smallest absolute Gasteiger partial charge is 0.143 e. The molecule has 0 radical (unpaired) electrons. The van der Waals surface area contributed by atoms with Crippen LogP contribution in [0.5, 0.6) is 0 Å². The number of Topliss-reactive ketones (excluding diaryl/α,β-unsaturated/α-hetero) is 1. The van der Waals surface area contributed by atoms with E-state index in [4.69, 9.17) is 4.74 Å². The Labute approximate surface area is 204 Å². The molecule has 10 atom stereocenters. The van der Waals surface area contributed by atoms with Crippen molar-refractivity contribution >= 4 is 5.78 Å². The number of carbonyl (C=O) groups excluding carboxylic acids is 1. The summed E-state index contributed by atoms with van der Waals surface area (Å²) in [5, 5.41) is 11.5. The minimum Gasteiger partial charge on any atom is -0.393 e. The predicted molar refractivity (Wildman–Crippen MR) is 137 cm³/mol. The van der Waals surface area contributed by atoms with E-state index in [1.165, 1.54) is 38.5 Å². The molecule has 0 amide bonds. The van der Waals surface area contributed by atoms with E-state index in [1.807, 2.05) is 33.1 Å². The molecule has 0 aliphatic heterocycles. The summed E-state index contributed by atoms with van der Waals surface area (Å²) in [6.45, 7) is 11.5. The number of ketones is 1. The molecular weight excluding hydrogens is 408 g/mol. The molecule has 0 bridgehead atoms. The Balaban J connectivity index is 0.00000105.